The number of aromatic hydroxyl groups is 1. The minimum atomic E-state index is 0.108. The summed E-state index contributed by atoms with van der Waals surface area (Å²) in [7, 11) is 0. The van der Waals surface area contributed by atoms with E-state index in [1.54, 1.807) is 19.1 Å². The van der Waals surface area contributed by atoms with Gasteiger partial charge in [-0.15, -0.1) is 0 Å². The summed E-state index contributed by atoms with van der Waals surface area (Å²) >= 11 is 5.75. The van der Waals surface area contributed by atoms with Gasteiger partial charge in [0.2, 0.25) is 6.08 Å². The van der Waals surface area contributed by atoms with E-state index in [0.29, 0.717) is 16.1 Å². The molecule has 0 spiro atoms. The SMILES string of the molecule is Cc1cc(Cl)cc(CN=C=O)c1O. The molecule has 0 aliphatic heterocycles. The molecule has 0 aliphatic rings. The predicted molar refractivity (Wildman–Crippen MR) is 49.7 cm³/mol. The largest absolute Gasteiger partial charge is 0.507 e. The van der Waals surface area contributed by atoms with E-state index in [0.717, 1.165) is 0 Å². The molecule has 0 saturated carbocycles. The van der Waals surface area contributed by atoms with Gasteiger partial charge in [0.1, 0.15) is 5.75 Å². The van der Waals surface area contributed by atoms with Crippen molar-refractivity contribution in [1.82, 2.24) is 0 Å². The monoisotopic (exact) mass is 197 g/mol. The number of isocyanates is 1. The molecule has 0 atom stereocenters. The van der Waals surface area contributed by atoms with Crippen LogP contribution in [0.4, 0.5) is 0 Å². The molecule has 0 aliphatic carbocycles. The minimum absolute atomic E-state index is 0.108. The number of nitrogens with zero attached hydrogens (tertiary/aromatic N) is 1. The van der Waals surface area contributed by atoms with Crippen LogP contribution in [0.3, 0.4) is 0 Å². The fraction of sp³-hybridized carbons (Fsp3) is 0.222. The molecule has 0 amide bonds. The van der Waals surface area contributed by atoms with Gasteiger partial charge in [-0.1, -0.05) is 11.6 Å². The fourth-order valence-corrected chi connectivity index (χ4v) is 1.34. The highest BCUT2D eigenvalue weighted by Gasteiger charge is 2.05. The van der Waals surface area contributed by atoms with Crippen LogP contribution < -0.4 is 0 Å². The Labute approximate surface area is 80.7 Å². The summed E-state index contributed by atoms with van der Waals surface area (Å²) in [6, 6.07) is 3.22. The van der Waals surface area contributed by atoms with Crippen molar-refractivity contribution in [2.45, 2.75) is 13.5 Å². The number of phenolic OH excluding ortho intramolecular Hbond substituents is 1. The topological polar surface area (TPSA) is 49.7 Å². The molecule has 0 saturated heterocycles. The lowest BCUT2D eigenvalue weighted by Crippen LogP contribution is -1.86. The Hall–Kier alpha value is -1.31. The van der Waals surface area contributed by atoms with Crippen LogP contribution >= 0.6 is 11.6 Å². The van der Waals surface area contributed by atoms with Crippen molar-refractivity contribution < 1.29 is 9.90 Å². The van der Waals surface area contributed by atoms with E-state index in [4.69, 9.17) is 11.6 Å². The van der Waals surface area contributed by atoms with Gasteiger partial charge in [0, 0.05) is 10.6 Å². The average Bonchev–Trinajstić information content (AvgIpc) is 2.09. The van der Waals surface area contributed by atoms with Crippen molar-refractivity contribution >= 4 is 17.7 Å². The first-order valence-electron chi connectivity index (χ1n) is 3.66. The van der Waals surface area contributed by atoms with Crippen LogP contribution in [0.15, 0.2) is 17.1 Å². The quantitative estimate of drug-likeness (QED) is 0.584. The smallest absolute Gasteiger partial charge is 0.235 e. The average molecular weight is 198 g/mol. The molecule has 0 heterocycles. The van der Waals surface area contributed by atoms with Gasteiger partial charge in [0.15, 0.2) is 0 Å². The van der Waals surface area contributed by atoms with Gasteiger partial charge in [-0.2, -0.15) is 0 Å². The van der Waals surface area contributed by atoms with Crippen LogP contribution in [0.5, 0.6) is 5.75 Å². The van der Waals surface area contributed by atoms with Crippen molar-refractivity contribution in [3.63, 3.8) is 0 Å². The Morgan fingerprint density at radius 1 is 1.62 bits per heavy atom. The number of aryl methyl sites for hydroxylation is 1. The summed E-state index contributed by atoms with van der Waals surface area (Å²) in [6.07, 6.45) is 1.40. The Morgan fingerprint density at radius 2 is 2.31 bits per heavy atom. The number of halogens is 1. The third kappa shape index (κ3) is 2.31. The Morgan fingerprint density at radius 3 is 2.92 bits per heavy atom. The standard InChI is InChI=1S/C9H8ClNO2/c1-6-2-8(10)3-7(9(6)13)4-11-5-12/h2-3,13H,4H2,1H3. The molecular formula is C9H8ClNO2. The number of rotatable bonds is 2. The number of aliphatic imine (C=N–C) groups is 1. The first kappa shape index (κ1) is 9.78. The normalized spacial score (nSPS) is 9.38. The van der Waals surface area contributed by atoms with Crippen molar-refractivity contribution in [1.29, 1.82) is 0 Å². The number of phenols is 1. The van der Waals surface area contributed by atoms with Crippen LogP contribution in [0.1, 0.15) is 11.1 Å². The van der Waals surface area contributed by atoms with E-state index >= 15 is 0 Å². The van der Waals surface area contributed by atoms with Gasteiger partial charge in [-0.25, -0.2) is 9.79 Å². The van der Waals surface area contributed by atoms with Crippen LogP contribution in [0, 0.1) is 6.92 Å². The number of hydrogen-bond donors (Lipinski definition) is 1. The maximum atomic E-state index is 9.85. The third-order valence-electron chi connectivity index (χ3n) is 1.66. The zero-order valence-corrected chi connectivity index (χ0v) is 7.80. The van der Waals surface area contributed by atoms with E-state index in [2.05, 4.69) is 4.99 Å². The second-order valence-corrected chi connectivity index (χ2v) is 3.07. The lowest BCUT2D eigenvalue weighted by molar-refractivity contribution is 0.464. The Bertz CT molecular complexity index is 370. The molecular weight excluding hydrogens is 190 g/mol. The molecule has 1 aromatic rings. The molecule has 0 unspecified atom stereocenters. The van der Waals surface area contributed by atoms with Gasteiger partial charge < -0.3 is 5.11 Å². The van der Waals surface area contributed by atoms with Crippen molar-refractivity contribution in [3.8, 4) is 5.75 Å². The Kier molecular flexibility index (Phi) is 3.07. The molecule has 13 heavy (non-hydrogen) atoms. The highest BCUT2D eigenvalue weighted by molar-refractivity contribution is 6.30. The predicted octanol–water partition coefficient (Wildman–Crippen LogP) is 2.19. The maximum absolute atomic E-state index is 9.85. The van der Waals surface area contributed by atoms with E-state index in [1.165, 1.54) is 6.08 Å². The van der Waals surface area contributed by atoms with Crippen molar-refractivity contribution in [2.75, 3.05) is 0 Å². The van der Waals surface area contributed by atoms with Crippen LogP contribution in [-0.2, 0) is 11.3 Å². The van der Waals surface area contributed by atoms with Crippen LogP contribution in [-0.4, -0.2) is 11.2 Å². The van der Waals surface area contributed by atoms with E-state index in [9.17, 15) is 9.90 Å². The zero-order valence-electron chi connectivity index (χ0n) is 7.04. The summed E-state index contributed by atoms with van der Waals surface area (Å²) in [5.41, 5.74) is 1.21. The zero-order chi connectivity index (χ0) is 9.84. The van der Waals surface area contributed by atoms with Gasteiger partial charge in [-0.3, -0.25) is 0 Å². The summed E-state index contributed by atoms with van der Waals surface area (Å²) in [6.45, 7) is 1.84. The van der Waals surface area contributed by atoms with Gasteiger partial charge in [0.25, 0.3) is 0 Å². The van der Waals surface area contributed by atoms with Crippen LogP contribution in [0.25, 0.3) is 0 Å². The summed E-state index contributed by atoms with van der Waals surface area (Å²) < 4.78 is 0. The van der Waals surface area contributed by atoms with Gasteiger partial charge in [-0.05, 0) is 24.6 Å². The third-order valence-corrected chi connectivity index (χ3v) is 1.88. The second kappa shape index (κ2) is 4.08. The maximum Gasteiger partial charge on any atom is 0.235 e. The molecule has 3 nitrogen and oxygen atoms in total. The summed E-state index contributed by atoms with van der Waals surface area (Å²) in [4.78, 5) is 13.2. The minimum Gasteiger partial charge on any atom is -0.507 e. The lowest BCUT2D eigenvalue weighted by atomic mass is 10.1. The number of carbonyl (C=O) groups excluding carboxylic acids is 1. The lowest BCUT2D eigenvalue weighted by Gasteiger charge is -2.04. The van der Waals surface area contributed by atoms with E-state index in [1.807, 2.05) is 0 Å². The number of hydrogen-bond acceptors (Lipinski definition) is 3. The molecule has 0 bridgehead atoms. The van der Waals surface area contributed by atoms with E-state index < -0.39 is 0 Å². The Balaban J connectivity index is 3.12. The van der Waals surface area contributed by atoms with Crippen molar-refractivity contribution in [3.05, 3.63) is 28.3 Å². The molecule has 0 aromatic heterocycles. The van der Waals surface area contributed by atoms with E-state index in [-0.39, 0.29) is 12.3 Å². The van der Waals surface area contributed by atoms with Crippen molar-refractivity contribution in [2.24, 2.45) is 4.99 Å². The molecule has 68 valence electrons. The number of benzene rings is 1. The summed E-state index contributed by atoms with van der Waals surface area (Å²) in [5, 5.41) is 10.0. The molecule has 0 radical (unpaired) electrons. The van der Waals surface area contributed by atoms with Gasteiger partial charge in [0.05, 0.1) is 6.54 Å². The first-order valence-corrected chi connectivity index (χ1v) is 4.04. The molecule has 0 fully saturated rings. The molecule has 1 N–H and O–H groups in total. The molecule has 4 heteroatoms. The van der Waals surface area contributed by atoms with Gasteiger partial charge >= 0.3 is 0 Å². The highest BCUT2D eigenvalue weighted by atomic mass is 35.5. The fourth-order valence-electron chi connectivity index (χ4n) is 1.04. The first-order chi connectivity index (χ1) is 6.15. The molecule has 1 aromatic carbocycles. The molecule has 1 rings (SSSR count). The highest BCUT2D eigenvalue weighted by Crippen LogP contribution is 2.26. The van der Waals surface area contributed by atoms with Crippen LogP contribution in [0.2, 0.25) is 5.02 Å². The summed E-state index contributed by atoms with van der Waals surface area (Å²) in [5.74, 6) is 0.128. The second-order valence-electron chi connectivity index (χ2n) is 2.64.